The molecule has 6 radical (unpaired) electrons. The van der Waals surface area contributed by atoms with Crippen LogP contribution in [-0.4, -0.2) is 0 Å². The Morgan fingerprint density at radius 1 is 0.281 bits per heavy atom. The molecule has 4 nitrogen and oxygen atoms in total. The summed E-state index contributed by atoms with van der Waals surface area (Å²) in [7, 11) is -0.892. The first-order valence-corrected chi connectivity index (χ1v) is 18.7. The summed E-state index contributed by atoms with van der Waals surface area (Å²) >= 11 is 0. The van der Waals surface area contributed by atoms with Crippen LogP contribution in [0.3, 0.4) is 0 Å². The van der Waals surface area contributed by atoms with E-state index in [1.807, 2.05) is 32.1 Å². The molecule has 0 bridgehead atoms. The van der Waals surface area contributed by atoms with Gasteiger partial charge in [0.05, 0.1) is 0 Å². The third-order valence-electron chi connectivity index (χ3n) is 6.70. The van der Waals surface area contributed by atoms with Crippen LogP contribution in [0.25, 0.3) is 0 Å². The fraction of sp³-hybridized carbons (Fsp3) is 0. The summed E-state index contributed by atoms with van der Waals surface area (Å²) in [5, 5.41) is 8.39. The monoisotopic (exact) mass is 1130 g/mol. The number of hydrogen-bond donors (Lipinski definition) is 0. The molecular weight excluding hydrogens is 1090 g/mol. The maximum atomic E-state index is 7.50. The largest absolute Gasteiger partial charge is 2.00 e. The van der Waals surface area contributed by atoms with Crippen molar-refractivity contribution in [2.45, 2.75) is 0 Å². The second-order valence-electron chi connectivity index (χ2n) is 9.90. The van der Waals surface area contributed by atoms with Gasteiger partial charge in [-0.1, -0.05) is 182 Å². The van der Waals surface area contributed by atoms with Crippen LogP contribution in [0.4, 0.5) is 0 Å². The molecule has 0 atom stereocenters. The van der Waals surface area contributed by atoms with Crippen LogP contribution in [-0.2, 0) is 59.8 Å². The molecule has 1 aliphatic rings. The Morgan fingerprint density at radius 2 is 0.404 bits per heavy atom. The van der Waals surface area contributed by atoms with Crippen molar-refractivity contribution in [3.05, 3.63) is 254 Å². The minimum absolute atomic E-state index is 0. The molecule has 6 aromatic carbocycles. The minimum atomic E-state index is -0.446. The molecular formula is C49H35IrO4P2W. The zero-order valence-corrected chi connectivity index (χ0v) is 37.6. The van der Waals surface area contributed by atoms with Crippen LogP contribution < -0.4 is 31.8 Å². The molecule has 57 heavy (non-hydrogen) atoms. The van der Waals surface area contributed by atoms with Crippen molar-refractivity contribution in [1.82, 2.24) is 0 Å². The molecule has 0 aliphatic heterocycles. The average Bonchev–Trinajstić information content (AvgIpc) is 3.90. The van der Waals surface area contributed by atoms with Crippen molar-refractivity contribution in [3.63, 3.8) is 0 Å². The molecule has 0 saturated heterocycles. The Morgan fingerprint density at radius 3 is 0.509 bits per heavy atom. The van der Waals surface area contributed by atoms with Crippen LogP contribution in [0.1, 0.15) is 0 Å². The van der Waals surface area contributed by atoms with E-state index in [-0.39, 0.29) is 41.2 Å². The normalized spacial score (nSPS) is 9.47. The van der Waals surface area contributed by atoms with Gasteiger partial charge in [-0.2, -0.15) is 0 Å². The second kappa shape index (κ2) is 41.2. The van der Waals surface area contributed by atoms with E-state index in [0.29, 0.717) is 0 Å². The van der Waals surface area contributed by atoms with E-state index in [2.05, 4.69) is 209 Å². The van der Waals surface area contributed by atoms with Crippen molar-refractivity contribution < 1.29 is 59.8 Å². The third-order valence-corrected chi connectivity index (χ3v) is 11.6. The molecule has 0 unspecified atom stereocenters. The predicted molar refractivity (Wildman–Crippen MR) is 222 cm³/mol. The van der Waals surface area contributed by atoms with Crippen molar-refractivity contribution in [3.8, 4) is 11.8 Å². The molecule has 0 heterocycles. The number of hydrogen-bond acceptors (Lipinski definition) is 0. The molecule has 280 valence electrons. The van der Waals surface area contributed by atoms with Gasteiger partial charge in [-0.25, -0.2) is 0 Å². The topological polar surface area (TPSA) is 79.6 Å². The third kappa shape index (κ3) is 23.4. The van der Waals surface area contributed by atoms with E-state index in [9.17, 15) is 0 Å². The van der Waals surface area contributed by atoms with Gasteiger partial charge in [0.2, 0.25) is 0 Å². The number of rotatable bonds is 6. The Kier molecular flexibility index (Phi) is 41.2. The standard InChI is InChI=1S/2C18H15P.C5H5.C4.4CO.Ir.W/c2*1-4-10-16(11-5-1)19(17-12-6-2-7-13-17)18-14-8-3-9-15-18;1-2-4-5-3-1;1-3-4-2;4*1-2;;/h2*1-15H;1-5H;;;;;;;/q;;;-2;;;;;;+2. The van der Waals surface area contributed by atoms with Crippen LogP contribution >= 0.6 is 15.8 Å². The molecule has 0 spiro atoms. The minimum Gasteiger partial charge on any atom is -0.0622 e. The Bertz CT molecular complexity index is 1610. The zero-order chi connectivity index (χ0) is 40.8. The van der Waals surface area contributed by atoms with Crippen molar-refractivity contribution >= 4 is 47.7 Å². The zero-order valence-electron chi connectivity index (χ0n) is 30.5. The summed E-state index contributed by atoms with van der Waals surface area (Å²) in [5.74, 6) is 3.19. The van der Waals surface area contributed by atoms with Gasteiger partial charge in [-0.15, -0.1) is 0 Å². The van der Waals surface area contributed by atoms with Gasteiger partial charge in [0, 0.05) is 20.1 Å². The van der Waals surface area contributed by atoms with Gasteiger partial charge in [-0.3, -0.25) is 0 Å². The van der Waals surface area contributed by atoms with Crippen molar-refractivity contribution in [2.24, 2.45) is 0 Å². The van der Waals surface area contributed by atoms with E-state index >= 15 is 0 Å². The maximum absolute atomic E-state index is 7.50. The van der Waals surface area contributed by atoms with E-state index in [0.717, 1.165) is 0 Å². The SMILES string of the molecule is [C-]#CC#[C-].[C-]#[O+].[C-]#[O+].[C-]#[O+].[C-]#[O+].[CH]1[CH][CH][CH][CH]1.[Ir].[W+2].c1ccc(P(c2ccccc2)c2ccccc2)cc1.c1ccc(P(c2ccccc2)c2ccccc2)cc1. The molecule has 1 fully saturated rings. The van der Waals surface area contributed by atoms with Crippen LogP contribution in [0.5, 0.6) is 0 Å². The summed E-state index contributed by atoms with van der Waals surface area (Å²) in [5.41, 5.74) is 0. The second-order valence-corrected chi connectivity index (χ2v) is 14.3. The summed E-state index contributed by atoms with van der Waals surface area (Å²) in [4.78, 5) is 0. The van der Waals surface area contributed by atoms with Crippen molar-refractivity contribution in [1.29, 1.82) is 0 Å². The van der Waals surface area contributed by atoms with Crippen LogP contribution in [0.2, 0.25) is 0 Å². The molecule has 0 aromatic heterocycles. The van der Waals surface area contributed by atoms with Gasteiger partial charge in [0.25, 0.3) is 0 Å². The summed E-state index contributed by atoms with van der Waals surface area (Å²) < 4.78 is 30.0. The summed E-state index contributed by atoms with van der Waals surface area (Å²) in [6, 6.07) is 64.7. The molecule has 0 N–H and O–H groups in total. The van der Waals surface area contributed by atoms with Gasteiger partial charge < -0.3 is 24.7 Å². The predicted octanol–water partition coefficient (Wildman–Crippen LogP) is 7.92. The fourth-order valence-corrected chi connectivity index (χ4v) is 9.29. The maximum Gasteiger partial charge on any atom is 2.00 e. The Hall–Kier alpha value is -4.40. The van der Waals surface area contributed by atoms with E-state index in [1.165, 1.54) is 31.8 Å². The number of benzene rings is 6. The average molecular weight is 1130 g/mol. The molecule has 6 aromatic rings. The first-order chi connectivity index (χ1) is 27.3. The molecule has 8 heteroatoms. The van der Waals surface area contributed by atoms with Gasteiger partial charge in [0.15, 0.2) is 0 Å². The fourth-order valence-electron chi connectivity index (χ4n) is 4.68. The summed E-state index contributed by atoms with van der Waals surface area (Å²) in [6.07, 6.45) is 21.8. The van der Waals surface area contributed by atoms with Crippen molar-refractivity contribution in [2.75, 3.05) is 0 Å². The van der Waals surface area contributed by atoms with Crippen LogP contribution in [0, 0.1) is 83.4 Å². The molecule has 1 saturated carbocycles. The smallest absolute Gasteiger partial charge is 0.0622 e. The van der Waals surface area contributed by atoms with E-state index in [4.69, 9.17) is 31.5 Å². The first-order valence-electron chi connectivity index (χ1n) is 16.0. The van der Waals surface area contributed by atoms with Gasteiger partial charge in [0.1, 0.15) is 0 Å². The molecule has 7 rings (SSSR count). The molecule has 0 amide bonds. The summed E-state index contributed by atoms with van der Waals surface area (Å²) in [6.45, 7) is 18.0. The van der Waals surface area contributed by atoms with E-state index in [1.54, 1.807) is 11.8 Å². The quantitative estimate of drug-likeness (QED) is 0.0704. The van der Waals surface area contributed by atoms with Gasteiger partial charge in [-0.05, 0) is 79.8 Å². The van der Waals surface area contributed by atoms with E-state index < -0.39 is 15.8 Å². The first kappa shape index (κ1) is 56.9. The molecule has 1 aliphatic carbocycles. The Balaban J connectivity index is -0.000000719. The Labute approximate surface area is 370 Å². The van der Waals surface area contributed by atoms with Gasteiger partial charge >= 0.3 is 66.3 Å². The van der Waals surface area contributed by atoms with Crippen LogP contribution in [0.15, 0.2) is 182 Å².